The molecule has 1 aromatic carbocycles. The minimum atomic E-state index is -0.289. The summed E-state index contributed by atoms with van der Waals surface area (Å²) in [5.41, 5.74) is 1.14. The fourth-order valence-corrected chi connectivity index (χ4v) is 2.56. The maximum atomic E-state index is 12.0. The van der Waals surface area contributed by atoms with Crippen LogP contribution in [0, 0.1) is 0 Å². The van der Waals surface area contributed by atoms with E-state index >= 15 is 0 Å². The molecular formula is C14H19N5O2S. The Labute approximate surface area is 133 Å². The second-order valence-corrected chi connectivity index (χ2v) is 5.98. The molecule has 0 unspecified atom stereocenters. The topological polar surface area (TPSA) is 95.1 Å². The molecule has 0 spiro atoms. The largest absolute Gasteiger partial charge is 0.497 e. The minimum absolute atomic E-state index is 0.0542. The lowest BCUT2D eigenvalue weighted by atomic mass is 10.1. The van der Waals surface area contributed by atoms with E-state index in [9.17, 15) is 4.79 Å². The molecule has 22 heavy (non-hydrogen) atoms. The zero-order valence-electron chi connectivity index (χ0n) is 12.5. The van der Waals surface area contributed by atoms with E-state index in [0.29, 0.717) is 11.7 Å². The summed E-state index contributed by atoms with van der Waals surface area (Å²) < 4.78 is 6.40. The van der Waals surface area contributed by atoms with Crippen molar-refractivity contribution in [2.45, 2.75) is 23.8 Å². The number of nitrogens with one attached hydrogen (secondary N) is 1. The zero-order valence-corrected chi connectivity index (χ0v) is 13.3. The third-order valence-electron chi connectivity index (χ3n) is 3.06. The first-order valence-electron chi connectivity index (χ1n) is 6.82. The number of ether oxygens (including phenoxy) is 1. The lowest BCUT2D eigenvalue weighted by Crippen LogP contribution is -2.32. The van der Waals surface area contributed by atoms with Crippen LogP contribution in [-0.4, -0.2) is 39.7 Å². The summed E-state index contributed by atoms with van der Waals surface area (Å²) in [6.07, 6.45) is 2.16. The Kier molecular flexibility index (Phi) is 5.65. The molecule has 1 amide bonds. The van der Waals surface area contributed by atoms with Gasteiger partial charge in [0, 0.05) is 6.54 Å². The summed E-state index contributed by atoms with van der Waals surface area (Å²) in [5, 5.41) is 10.6. The Hall–Kier alpha value is -2.22. The number of hydrogen-bond acceptors (Lipinski definition) is 6. The average Bonchev–Trinajstić information content (AvgIpc) is 2.93. The molecule has 1 heterocycles. The zero-order chi connectivity index (χ0) is 15.9. The van der Waals surface area contributed by atoms with E-state index in [1.807, 2.05) is 31.2 Å². The minimum Gasteiger partial charge on any atom is -0.497 e. The molecule has 0 aliphatic heterocycles. The van der Waals surface area contributed by atoms with Crippen molar-refractivity contribution in [3.63, 3.8) is 0 Å². The van der Waals surface area contributed by atoms with Gasteiger partial charge < -0.3 is 15.9 Å². The van der Waals surface area contributed by atoms with Gasteiger partial charge in [-0.25, -0.2) is 4.68 Å². The summed E-state index contributed by atoms with van der Waals surface area (Å²) in [6.45, 7) is 2.38. The van der Waals surface area contributed by atoms with E-state index in [2.05, 4.69) is 15.5 Å². The van der Waals surface area contributed by atoms with E-state index < -0.39 is 0 Å². The molecule has 2 aromatic rings. The van der Waals surface area contributed by atoms with Gasteiger partial charge in [0.15, 0.2) is 0 Å². The van der Waals surface area contributed by atoms with Crippen LogP contribution < -0.4 is 15.9 Å². The Bertz CT molecular complexity index is 614. The van der Waals surface area contributed by atoms with Gasteiger partial charge in [-0.3, -0.25) is 4.79 Å². The Morgan fingerprint density at radius 3 is 2.77 bits per heavy atom. The Balaban J connectivity index is 1.75. The van der Waals surface area contributed by atoms with Crippen LogP contribution in [0.2, 0.25) is 0 Å². The SMILES string of the molecule is COc1ccc(CCNC(=O)[C@H](C)Sc2nncn2N)cc1. The molecule has 118 valence electrons. The predicted octanol–water partition coefficient (Wildman–Crippen LogP) is 0.840. The van der Waals surface area contributed by atoms with Gasteiger partial charge >= 0.3 is 0 Å². The van der Waals surface area contributed by atoms with Crippen LogP contribution in [0.5, 0.6) is 5.75 Å². The maximum Gasteiger partial charge on any atom is 0.233 e. The van der Waals surface area contributed by atoms with E-state index in [0.717, 1.165) is 17.7 Å². The van der Waals surface area contributed by atoms with Crippen LogP contribution >= 0.6 is 11.8 Å². The number of nitrogens with zero attached hydrogens (tertiary/aromatic N) is 3. The van der Waals surface area contributed by atoms with E-state index in [4.69, 9.17) is 10.6 Å². The number of amides is 1. The molecule has 1 atom stereocenters. The number of nitrogens with two attached hydrogens (primary N) is 1. The van der Waals surface area contributed by atoms with E-state index in [1.165, 1.54) is 22.8 Å². The van der Waals surface area contributed by atoms with Gasteiger partial charge in [0.2, 0.25) is 11.1 Å². The van der Waals surface area contributed by atoms with Crippen molar-refractivity contribution in [2.75, 3.05) is 19.5 Å². The molecule has 3 N–H and O–H groups in total. The van der Waals surface area contributed by atoms with Crippen molar-refractivity contribution < 1.29 is 9.53 Å². The van der Waals surface area contributed by atoms with Crippen molar-refractivity contribution in [1.29, 1.82) is 0 Å². The molecule has 0 aliphatic carbocycles. The van der Waals surface area contributed by atoms with Crippen molar-refractivity contribution in [3.05, 3.63) is 36.2 Å². The molecule has 7 nitrogen and oxygen atoms in total. The quantitative estimate of drug-likeness (QED) is 0.579. The number of aromatic nitrogens is 3. The highest BCUT2D eigenvalue weighted by molar-refractivity contribution is 8.00. The third kappa shape index (κ3) is 4.39. The average molecular weight is 321 g/mol. The number of nitrogen functional groups attached to an aromatic ring is 1. The lowest BCUT2D eigenvalue weighted by molar-refractivity contribution is -0.120. The summed E-state index contributed by atoms with van der Waals surface area (Å²) >= 11 is 1.27. The van der Waals surface area contributed by atoms with Crippen LogP contribution in [0.25, 0.3) is 0 Å². The normalized spacial score (nSPS) is 11.9. The number of methoxy groups -OCH3 is 1. The number of rotatable bonds is 7. The summed E-state index contributed by atoms with van der Waals surface area (Å²) in [7, 11) is 1.64. The second kappa shape index (κ2) is 7.69. The first-order valence-corrected chi connectivity index (χ1v) is 7.70. The fourth-order valence-electron chi connectivity index (χ4n) is 1.79. The smallest absolute Gasteiger partial charge is 0.233 e. The first kappa shape index (κ1) is 16.2. The van der Waals surface area contributed by atoms with E-state index in [1.54, 1.807) is 7.11 Å². The van der Waals surface area contributed by atoms with Crippen molar-refractivity contribution in [2.24, 2.45) is 0 Å². The third-order valence-corrected chi connectivity index (χ3v) is 4.13. The van der Waals surface area contributed by atoms with Gasteiger partial charge in [-0.05, 0) is 31.0 Å². The van der Waals surface area contributed by atoms with Crippen molar-refractivity contribution in [3.8, 4) is 5.75 Å². The molecule has 8 heteroatoms. The molecular weight excluding hydrogens is 302 g/mol. The summed E-state index contributed by atoms with van der Waals surface area (Å²) in [6, 6.07) is 7.79. The van der Waals surface area contributed by atoms with Crippen LogP contribution in [0.1, 0.15) is 12.5 Å². The molecule has 0 radical (unpaired) electrons. The van der Waals surface area contributed by atoms with Gasteiger partial charge in [-0.2, -0.15) is 0 Å². The van der Waals surface area contributed by atoms with Crippen molar-refractivity contribution >= 4 is 17.7 Å². The molecule has 0 saturated heterocycles. The van der Waals surface area contributed by atoms with Crippen molar-refractivity contribution in [1.82, 2.24) is 20.2 Å². The molecule has 0 bridgehead atoms. The van der Waals surface area contributed by atoms with Gasteiger partial charge in [-0.1, -0.05) is 23.9 Å². The standard InChI is InChI=1S/C14H19N5O2S/c1-10(22-14-18-17-9-19(14)15)13(20)16-8-7-11-3-5-12(21-2)6-4-11/h3-6,9-10H,7-8,15H2,1-2H3,(H,16,20)/t10-/m0/s1. The second-order valence-electron chi connectivity index (χ2n) is 4.67. The molecule has 0 fully saturated rings. The van der Waals surface area contributed by atoms with Crippen LogP contribution in [0.4, 0.5) is 0 Å². The highest BCUT2D eigenvalue weighted by atomic mass is 32.2. The molecule has 2 rings (SSSR count). The van der Waals surface area contributed by atoms with Crippen LogP contribution in [0.3, 0.4) is 0 Å². The van der Waals surface area contributed by atoms with Gasteiger partial charge in [0.1, 0.15) is 12.1 Å². The number of hydrogen-bond donors (Lipinski definition) is 2. The molecule has 0 saturated carbocycles. The number of benzene rings is 1. The fraction of sp³-hybridized carbons (Fsp3) is 0.357. The Morgan fingerprint density at radius 2 is 2.18 bits per heavy atom. The predicted molar refractivity (Wildman–Crippen MR) is 85.2 cm³/mol. The highest BCUT2D eigenvalue weighted by Gasteiger charge is 2.16. The Morgan fingerprint density at radius 1 is 1.45 bits per heavy atom. The highest BCUT2D eigenvalue weighted by Crippen LogP contribution is 2.19. The number of thioether (sulfide) groups is 1. The van der Waals surface area contributed by atoms with Crippen LogP contribution in [0.15, 0.2) is 35.7 Å². The van der Waals surface area contributed by atoms with Gasteiger partial charge in [0.05, 0.1) is 12.4 Å². The first-order chi connectivity index (χ1) is 10.6. The van der Waals surface area contributed by atoms with Crippen LogP contribution in [-0.2, 0) is 11.2 Å². The van der Waals surface area contributed by atoms with Gasteiger partial charge in [0.25, 0.3) is 0 Å². The van der Waals surface area contributed by atoms with Gasteiger partial charge in [-0.15, -0.1) is 10.2 Å². The monoisotopic (exact) mass is 321 g/mol. The summed E-state index contributed by atoms with van der Waals surface area (Å²) in [4.78, 5) is 12.0. The number of carbonyl (C=O) groups excluding carboxylic acids is 1. The maximum absolute atomic E-state index is 12.0. The number of carbonyl (C=O) groups is 1. The molecule has 1 aromatic heterocycles. The van der Waals surface area contributed by atoms with E-state index in [-0.39, 0.29) is 11.2 Å². The lowest BCUT2D eigenvalue weighted by Gasteiger charge is -2.11. The summed E-state index contributed by atoms with van der Waals surface area (Å²) in [5.74, 6) is 6.39. The molecule has 0 aliphatic rings.